The van der Waals surface area contributed by atoms with Gasteiger partial charge in [-0.05, 0) is 11.0 Å². The third-order valence-corrected chi connectivity index (χ3v) is 3.32. The standard InChI is InChI=1S/C9H20O4P/c1-4-5-6-9(2,10)14(11)13-8-7-12-3/h10H,4-8H2,1-3H3/q+1. The molecule has 0 aromatic rings. The van der Waals surface area contributed by atoms with E-state index in [2.05, 4.69) is 0 Å². The fourth-order valence-electron chi connectivity index (χ4n) is 0.946. The molecular weight excluding hydrogens is 203 g/mol. The monoisotopic (exact) mass is 223 g/mol. The van der Waals surface area contributed by atoms with E-state index in [4.69, 9.17) is 9.26 Å². The van der Waals surface area contributed by atoms with Crippen LogP contribution in [0.1, 0.15) is 33.1 Å². The number of ether oxygens (including phenoxy) is 1. The molecule has 2 unspecified atom stereocenters. The van der Waals surface area contributed by atoms with Gasteiger partial charge in [-0.1, -0.05) is 13.3 Å². The van der Waals surface area contributed by atoms with Crippen LogP contribution >= 0.6 is 8.03 Å². The van der Waals surface area contributed by atoms with Gasteiger partial charge in [0.1, 0.15) is 6.61 Å². The normalized spacial score (nSPS) is 16.4. The molecule has 0 saturated heterocycles. The van der Waals surface area contributed by atoms with E-state index in [-0.39, 0.29) is 6.61 Å². The highest BCUT2D eigenvalue weighted by molar-refractivity contribution is 7.40. The molecule has 1 N–H and O–H groups in total. The van der Waals surface area contributed by atoms with Gasteiger partial charge in [0.2, 0.25) is 0 Å². The summed E-state index contributed by atoms with van der Waals surface area (Å²) in [6, 6.07) is 0. The Hall–Kier alpha value is -0.0200. The van der Waals surface area contributed by atoms with E-state index >= 15 is 0 Å². The Morgan fingerprint density at radius 2 is 2.07 bits per heavy atom. The molecule has 14 heavy (non-hydrogen) atoms. The summed E-state index contributed by atoms with van der Waals surface area (Å²) < 4.78 is 21.2. The van der Waals surface area contributed by atoms with Gasteiger partial charge >= 0.3 is 8.03 Å². The van der Waals surface area contributed by atoms with Crippen molar-refractivity contribution in [2.24, 2.45) is 0 Å². The fourth-order valence-corrected chi connectivity index (χ4v) is 1.80. The Kier molecular flexibility index (Phi) is 7.28. The molecule has 0 heterocycles. The van der Waals surface area contributed by atoms with Gasteiger partial charge in [0, 0.05) is 20.5 Å². The van der Waals surface area contributed by atoms with E-state index in [1.54, 1.807) is 14.0 Å². The minimum absolute atomic E-state index is 0.258. The summed E-state index contributed by atoms with van der Waals surface area (Å²) in [5.41, 5.74) is 0. The number of unbranched alkanes of at least 4 members (excludes halogenated alkanes) is 1. The first kappa shape index (κ1) is 14.0. The van der Waals surface area contributed by atoms with Crippen LogP contribution in [0.2, 0.25) is 0 Å². The fraction of sp³-hybridized carbons (Fsp3) is 1.00. The van der Waals surface area contributed by atoms with Gasteiger partial charge in [-0.3, -0.25) is 0 Å². The van der Waals surface area contributed by atoms with Gasteiger partial charge in [-0.25, -0.2) is 0 Å². The number of rotatable bonds is 8. The molecule has 2 atom stereocenters. The molecule has 0 fully saturated rings. The lowest BCUT2D eigenvalue weighted by molar-refractivity contribution is 0.101. The minimum Gasteiger partial charge on any atom is -0.382 e. The maximum absolute atomic E-state index is 11.5. The molecule has 5 heteroatoms. The van der Waals surface area contributed by atoms with Crippen LogP contribution in [0.15, 0.2) is 0 Å². The molecule has 0 aliphatic carbocycles. The van der Waals surface area contributed by atoms with Crippen LogP contribution in [0, 0.1) is 0 Å². The second-order valence-corrected chi connectivity index (χ2v) is 5.14. The number of aliphatic hydroxyl groups is 1. The van der Waals surface area contributed by atoms with Crippen LogP contribution in [-0.2, 0) is 13.8 Å². The molecule has 84 valence electrons. The lowest BCUT2D eigenvalue weighted by atomic mass is 10.2. The van der Waals surface area contributed by atoms with Crippen molar-refractivity contribution in [3.05, 3.63) is 0 Å². The third kappa shape index (κ3) is 5.66. The van der Waals surface area contributed by atoms with Crippen LogP contribution < -0.4 is 0 Å². The number of hydrogen-bond acceptors (Lipinski definition) is 4. The second kappa shape index (κ2) is 7.30. The van der Waals surface area contributed by atoms with Crippen LogP contribution in [0.25, 0.3) is 0 Å². The molecule has 4 nitrogen and oxygen atoms in total. The maximum atomic E-state index is 11.5. The molecule has 0 bridgehead atoms. The van der Waals surface area contributed by atoms with Gasteiger partial charge in [-0.15, -0.1) is 4.52 Å². The summed E-state index contributed by atoms with van der Waals surface area (Å²) in [6.45, 7) is 4.22. The predicted molar refractivity (Wildman–Crippen MR) is 55.6 cm³/mol. The summed E-state index contributed by atoms with van der Waals surface area (Å²) in [7, 11) is -0.474. The van der Waals surface area contributed by atoms with Crippen molar-refractivity contribution in [1.82, 2.24) is 0 Å². The van der Waals surface area contributed by atoms with E-state index in [9.17, 15) is 9.67 Å². The summed E-state index contributed by atoms with van der Waals surface area (Å²) in [5, 5.41) is 8.55. The molecule has 0 aromatic heterocycles. The molecule has 0 aliphatic rings. The zero-order valence-electron chi connectivity index (χ0n) is 9.15. The summed E-state index contributed by atoms with van der Waals surface area (Å²) in [6.07, 6.45) is 2.32. The Balaban J connectivity index is 3.82. The predicted octanol–water partition coefficient (Wildman–Crippen LogP) is 2.29. The summed E-state index contributed by atoms with van der Waals surface area (Å²) in [5.74, 6) is 0. The van der Waals surface area contributed by atoms with Crippen molar-refractivity contribution in [3.63, 3.8) is 0 Å². The van der Waals surface area contributed by atoms with E-state index < -0.39 is 13.4 Å². The van der Waals surface area contributed by atoms with Crippen LogP contribution in [0.5, 0.6) is 0 Å². The maximum Gasteiger partial charge on any atom is 0.543 e. The average Bonchev–Trinajstić information content (AvgIpc) is 2.15. The van der Waals surface area contributed by atoms with E-state index in [0.29, 0.717) is 13.0 Å². The van der Waals surface area contributed by atoms with Gasteiger partial charge in [0.15, 0.2) is 0 Å². The number of methoxy groups -OCH3 is 1. The third-order valence-electron chi connectivity index (χ3n) is 1.89. The van der Waals surface area contributed by atoms with Gasteiger partial charge in [0.05, 0.1) is 6.61 Å². The quantitative estimate of drug-likeness (QED) is 0.506. The second-order valence-electron chi connectivity index (χ2n) is 3.40. The van der Waals surface area contributed by atoms with Gasteiger partial charge in [0.25, 0.3) is 5.34 Å². The van der Waals surface area contributed by atoms with E-state index in [1.165, 1.54) is 0 Å². The lowest BCUT2D eigenvalue weighted by Crippen LogP contribution is -2.20. The van der Waals surface area contributed by atoms with E-state index in [1.807, 2.05) is 6.92 Å². The molecule has 0 aromatic carbocycles. The van der Waals surface area contributed by atoms with Crippen LogP contribution in [-0.4, -0.2) is 30.8 Å². The Morgan fingerprint density at radius 3 is 2.57 bits per heavy atom. The molecule has 0 spiro atoms. The molecule has 0 rings (SSSR count). The zero-order valence-corrected chi connectivity index (χ0v) is 10.0. The highest BCUT2D eigenvalue weighted by Crippen LogP contribution is 2.41. The van der Waals surface area contributed by atoms with Gasteiger partial charge < -0.3 is 9.84 Å². The van der Waals surface area contributed by atoms with Crippen molar-refractivity contribution in [1.29, 1.82) is 0 Å². The minimum atomic E-state index is -2.02. The summed E-state index contributed by atoms with van der Waals surface area (Å²) >= 11 is 0. The Morgan fingerprint density at radius 1 is 1.43 bits per heavy atom. The topological polar surface area (TPSA) is 55.8 Å². The molecule has 0 amide bonds. The highest BCUT2D eigenvalue weighted by Gasteiger charge is 2.44. The van der Waals surface area contributed by atoms with Gasteiger partial charge in [-0.2, -0.15) is 0 Å². The largest absolute Gasteiger partial charge is 0.543 e. The smallest absolute Gasteiger partial charge is 0.382 e. The SMILES string of the molecule is CCCCC(C)(O)[P+](=O)OCCOC. The summed E-state index contributed by atoms with van der Waals surface area (Å²) in [4.78, 5) is 0. The van der Waals surface area contributed by atoms with Crippen molar-refractivity contribution >= 4 is 8.03 Å². The Labute approximate surface area is 86.5 Å². The highest BCUT2D eigenvalue weighted by atomic mass is 31.1. The van der Waals surface area contributed by atoms with Crippen LogP contribution in [0.4, 0.5) is 0 Å². The van der Waals surface area contributed by atoms with Crippen molar-refractivity contribution < 1.29 is 18.9 Å². The number of hydrogen-bond donors (Lipinski definition) is 1. The Bertz CT molecular complexity index is 170. The van der Waals surface area contributed by atoms with E-state index in [0.717, 1.165) is 12.8 Å². The lowest BCUT2D eigenvalue weighted by Gasteiger charge is -2.09. The molecule has 0 saturated carbocycles. The first-order valence-electron chi connectivity index (χ1n) is 4.86. The molecule has 0 radical (unpaired) electrons. The average molecular weight is 223 g/mol. The van der Waals surface area contributed by atoms with Crippen molar-refractivity contribution in [3.8, 4) is 0 Å². The first-order chi connectivity index (χ1) is 6.54. The van der Waals surface area contributed by atoms with Crippen molar-refractivity contribution in [2.75, 3.05) is 20.3 Å². The van der Waals surface area contributed by atoms with Crippen LogP contribution in [0.3, 0.4) is 0 Å². The molecular formula is C9H20O4P+. The first-order valence-corrected chi connectivity index (χ1v) is 6.04. The zero-order chi connectivity index (χ0) is 11.0. The molecule has 0 aliphatic heterocycles. The van der Waals surface area contributed by atoms with Crippen molar-refractivity contribution in [2.45, 2.75) is 38.5 Å².